The van der Waals surface area contributed by atoms with Crippen molar-refractivity contribution >= 4 is 5.91 Å². The third-order valence-corrected chi connectivity index (χ3v) is 6.67. The van der Waals surface area contributed by atoms with Gasteiger partial charge in [-0.25, -0.2) is 0 Å². The Balaban J connectivity index is 1.36. The standard InChI is InChI=1S/C22H27N3O4/c1-21(2)16-8-22(11-25(12-22)20(26)14-9-23-24(3)10-14)13-28-18(16)15-6-5-7-17(27-4)19(15)29-21/h5-7,9-10,16,18H,8,11-13H2,1-4H3/t16-,18+/m0/s1. The van der Waals surface area contributed by atoms with E-state index in [1.807, 2.05) is 24.1 Å². The van der Waals surface area contributed by atoms with E-state index >= 15 is 0 Å². The Hall–Kier alpha value is -2.54. The molecular formula is C22H27N3O4. The molecule has 1 amide bonds. The van der Waals surface area contributed by atoms with Gasteiger partial charge in [0.05, 0.1) is 31.6 Å². The van der Waals surface area contributed by atoms with Crippen LogP contribution in [0.25, 0.3) is 0 Å². The molecule has 1 aromatic heterocycles. The molecule has 0 saturated carbocycles. The number of fused-ring (bicyclic) bond motifs is 3. The number of benzene rings is 1. The van der Waals surface area contributed by atoms with E-state index in [4.69, 9.17) is 14.2 Å². The number of aryl methyl sites for hydroxylation is 1. The van der Waals surface area contributed by atoms with Crippen LogP contribution in [0.4, 0.5) is 0 Å². The van der Waals surface area contributed by atoms with Gasteiger partial charge in [0.2, 0.25) is 0 Å². The molecular weight excluding hydrogens is 370 g/mol. The summed E-state index contributed by atoms with van der Waals surface area (Å²) in [6.07, 6.45) is 4.35. The normalized spacial score (nSPS) is 26.1. The molecule has 1 spiro atoms. The Morgan fingerprint density at radius 2 is 2.10 bits per heavy atom. The summed E-state index contributed by atoms with van der Waals surface area (Å²) < 4.78 is 20.0. The van der Waals surface area contributed by atoms with E-state index < -0.39 is 0 Å². The fourth-order valence-electron chi connectivity index (χ4n) is 5.14. The average Bonchev–Trinajstić information content (AvgIpc) is 3.11. The molecule has 2 atom stereocenters. The zero-order valence-corrected chi connectivity index (χ0v) is 17.3. The van der Waals surface area contributed by atoms with Gasteiger partial charge in [0.25, 0.3) is 5.91 Å². The van der Waals surface area contributed by atoms with Gasteiger partial charge in [0.15, 0.2) is 11.5 Å². The zero-order valence-electron chi connectivity index (χ0n) is 17.3. The Morgan fingerprint density at radius 3 is 2.79 bits per heavy atom. The lowest BCUT2D eigenvalue weighted by molar-refractivity contribution is -0.192. The summed E-state index contributed by atoms with van der Waals surface area (Å²) in [6, 6.07) is 5.98. The molecule has 2 saturated heterocycles. The van der Waals surface area contributed by atoms with Gasteiger partial charge in [-0.2, -0.15) is 5.10 Å². The third kappa shape index (κ3) is 2.82. The number of likely N-dealkylation sites (tertiary alicyclic amines) is 1. The van der Waals surface area contributed by atoms with Crippen molar-refractivity contribution in [3.63, 3.8) is 0 Å². The minimum atomic E-state index is -0.381. The van der Waals surface area contributed by atoms with Gasteiger partial charge < -0.3 is 19.1 Å². The lowest BCUT2D eigenvalue weighted by Crippen LogP contribution is -2.65. The van der Waals surface area contributed by atoms with Crippen molar-refractivity contribution in [2.75, 3.05) is 26.8 Å². The highest BCUT2D eigenvalue weighted by molar-refractivity contribution is 5.94. The number of hydrogen-bond acceptors (Lipinski definition) is 5. The number of carbonyl (C=O) groups is 1. The van der Waals surface area contributed by atoms with E-state index in [2.05, 4.69) is 25.0 Å². The largest absolute Gasteiger partial charge is 0.493 e. The lowest BCUT2D eigenvalue weighted by Gasteiger charge is -2.58. The van der Waals surface area contributed by atoms with Gasteiger partial charge in [-0.15, -0.1) is 0 Å². The van der Waals surface area contributed by atoms with Crippen LogP contribution >= 0.6 is 0 Å². The summed E-state index contributed by atoms with van der Waals surface area (Å²) in [5.41, 5.74) is 1.31. The minimum Gasteiger partial charge on any atom is -0.493 e. The molecule has 0 unspecified atom stereocenters. The van der Waals surface area contributed by atoms with Crippen LogP contribution in [0, 0.1) is 11.3 Å². The summed E-state index contributed by atoms with van der Waals surface area (Å²) >= 11 is 0. The van der Waals surface area contributed by atoms with Crippen LogP contribution < -0.4 is 9.47 Å². The second kappa shape index (κ2) is 6.23. The highest BCUT2D eigenvalue weighted by Gasteiger charge is 2.57. The maximum Gasteiger partial charge on any atom is 0.257 e. The molecule has 3 aliphatic rings. The zero-order chi connectivity index (χ0) is 20.4. The van der Waals surface area contributed by atoms with Crippen LogP contribution in [-0.2, 0) is 11.8 Å². The first-order valence-electron chi connectivity index (χ1n) is 10.1. The van der Waals surface area contributed by atoms with Gasteiger partial charge in [0, 0.05) is 43.2 Å². The maximum atomic E-state index is 12.7. The number of nitrogens with zero attached hydrogens (tertiary/aromatic N) is 3. The summed E-state index contributed by atoms with van der Waals surface area (Å²) in [4.78, 5) is 14.6. The number of rotatable bonds is 2. The molecule has 0 aliphatic carbocycles. The van der Waals surface area contributed by atoms with Crippen LogP contribution in [0.15, 0.2) is 30.6 Å². The van der Waals surface area contributed by atoms with E-state index in [1.54, 1.807) is 24.2 Å². The van der Waals surface area contributed by atoms with E-state index in [1.165, 1.54) is 0 Å². The van der Waals surface area contributed by atoms with Crippen LogP contribution in [0.2, 0.25) is 0 Å². The second-order valence-electron chi connectivity index (χ2n) is 9.19. The molecule has 2 aromatic rings. The Labute approximate surface area is 170 Å². The first kappa shape index (κ1) is 18.5. The second-order valence-corrected chi connectivity index (χ2v) is 9.19. The van der Waals surface area contributed by atoms with Gasteiger partial charge in [-0.3, -0.25) is 9.48 Å². The predicted octanol–water partition coefficient (Wildman–Crippen LogP) is 2.82. The summed E-state index contributed by atoms with van der Waals surface area (Å²) in [6.45, 7) is 6.33. The maximum absolute atomic E-state index is 12.7. The highest BCUT2D eigenvalue weighted by Crippen LogP contribution is 2.56. The van der Waals surface area contributed by atoms with Crippen molar-refractivity contribution in [3.8, 4) is 11.5 Å². The highest BCUT2D eigenvalue weighted by atomic mass is 16.5. The summed E-state index contributed by atoms with van der Waals surface area (Å²) in [5.74, 6) is 1.79. The van der Waals surface area contributed by atoms with Crippen LogP contribution in [0.5, 0.6) is 11.5 Å². The van der Waals surface area contributed by atoms with Crippen molar-refractivity contribution in [3.05, 3.63) is 41.7 Å². The van der Waals surface area contributed by atoms with Crippen molar-refractivity contribution in [1.82, 2.24) is 14.7 Å². The first-order valence-corrected chi connectivity index (χ1v) is 10.1. The molecule has 154 valence electrons. The molecule has 0 radical (unpaired) electrons. The van der Waals surface area contributed by atoms with E-state index in [0.29, 0.717) is 25.3 Å². The number of methoxy groups -OCH3 is 1. The van der Waals surface area contributed by atoms with Crippen molar-refractivity contribution < 1.29 is 19.0 Å². The Bertz CT molecular complexity index is 961. The molecule has 3 aliphatic heterocycles. The van der Waals surface area contributed by atoms with E-state index in [9.17, 15) is 4.79 Å². The lowest BCUT2D eigenvalue weighted by atomic mass is 9.64. The Morgan fingerprint density at radius 1 is 1.31 bits per heavy atom. The minimum absolute atomic E-state index is 0.00393. The smallest absolute Gasteiger partial charge is 0.257 e. The molecule has 1 aromatic carbocycles. The fourth-order valence-corrected chi connectivity index (χ4v) is 5.14. The molecule has 7 nitrogen and oxygen atoms in total. The fraction of sp³-hybridized carbons (Fsp3) is 0.545. The molecule has 0 bridgehead atoms. The van der Waals surface area contributed by atoms with Gasteiger partial charge >= 0.3 is 0 Å². The quantitative estimate of drug-likeness (QED) is 0.780. The molecule has 2 fully saturated rings. The van der Waals surface area contributed by atoms with Crippen LogP contribution in [0.3, 0.4) is 0 Å². The van der Waals surface area contributed by atoms with E-state index in [-0.39, 0.29) is 28.9 Å². The van der Waals surface area contributed by atoms with Crippen molar-refractivity contribution in [2.24, 2.45) is 18.4 Å². The first-order chi connectivity index (χ1) is 13.8. The number of para-hydroxylation sites is 1. The van der Waals surface area contributed by atoms with Gasteiger partial charge in [-0.05, 0) is 26.3 Å². The van der Waals surface area contributed by atoms with E-state index in [0.717, 1.165) is 23.5 Å². The van der Waals surface area contributed by atoms with Gasteiger partial charge in [-0.1, -0.05) is 12.1 Å². The topological polar surface area (TPSA) is 65.8 Å². The number of aromatic nitrogens is 2. The van der Waals surface area contributed by atoms with Crippen molar-refractivity contribution in [2.45, 2.75) is 32.0 Å². The number of ether oxygens (including phenoxy) is 3. The molecule has 29 heavy (non-hydrogen) atoms. The molecule has 7 heteroatoms. The number of carbonyl (C=O) groups excluding carboxylic acids is 1. The average molecular weight is 397 g/mol. The molecule has 0 N–H and O–H groups in total. The monoisotopic (exact) mass is 397 g/mol. The molecule has 5 rings (SSSR count). The number of amides is 1. The SMILES string of the molecule is COc1cccc2c1OC(C)(C)[C@H]1CC3(CO[C@H]21)CN(C(=O)c1cnn(C)c1)C3. The summed E-state index contributed by atoms with van der Waals surface area (Å²) in [7, 11) is 3.48. The predicted molar refractivity (Wildman–Crippen MR) is 106 cm³/mol. The third-order valence-electron chi connectivity index (χ3n) is 6.67. The Kier molecular flexibility index (Phi) is 3.97. The van der Waals surface area contributed by atoms with Crippen LogP contribution in [-0.4, -0.2) is 53.0 Å². The van der Waals surface area contributed by atoms with Crippen LogP contribution in [0.1, 0.15) is 42.3 Å². The summed E-state index contributed by atoms with van der Waals surface area (Å²) in [5, 5.41) is 4.11. The molecule has 4 heterocycles. The van der Waals surface area contributed by atoms with Gasteiger partial charge in [0.1, 0.15) is 5.60 Å². The van der Waals surface area contributed by atoms with Crippen molar-refractivity contribution in [1.29, 1.82) is 0 Å². The number of hydrogen-bond donors (Lipinski definition) is 0.